The molecule has 3 amide bonds. The molecular formula is C35H53N5O9. The van der Waals surface area contributed by atoms with Gasteiger partial charge in [-0.05, 0) is 51.3 Å². The summed E-state index contributed by atoms with van der Waals surface area (Å²) in [6.45, 7) is 13.8. The van der Waals surface area contributed by atoms with E-state index in [9.17, 15) is 24.0 Å². The fourth-order valence-electron chi connectivity index (χ4n) is 5.96. The number of methoxy groups -OCH3 is 2. The average molecular weight is 688 g/mol. The predicted molar refractivity (Wildman–Crippen MR) is 184 cm³/mol. The van der Waals surface area contributed by atoms with Crippen molar-refractivity contribution in [3.8, 4) is 0 Å². The van der Waals surface area contributed by atoms with Crippen LogP contribution in [-0.4, -0.2) is 99.4 Å². The number of nitrogens with two attached hydrogens (primary N) is 2. The van der Waals surface area contributed by atoms with Gasteiger partial charge in [-0.1, -0.05) is 52.0 Å². The average Bonchev–Trinajstić information content (AvgIpc) is 3.04. The van der Waals surface area contributed by atoms with E-state index >= 15 is 0 Å². The molecular weight excluding hydrogens is 634 g/mol. The lowest BCUT2D eigenvalue weighted by Gasteiger charge is -2.32. The number of hydrogen-bond acceptors (Lipinski definition) is 11. The predicted octanol–water partition coefficient (Wildman–Crippen LogP) is 2.80. The van der Waals surface area contributed by atoms with Crippen molar-refractivity contribution < 1.29 is 42.9 Å². The largest absolute Gasteiger partial charge is 0.443 e. The molecule has 2 bridgehead atoms. The zero-order valence-corrected chi connectivity index (χ0v) is 29.9. The number of primary amides is 2. The smallest absolute Gasteiger partial charge is 0.405 e. The van der Waals surface area contributed by atoms with Crippen LogP contribution in [0.5, 0.6) is 0 Å². The lowest BCUT2D eigenvalue weighted by molar-refractivity contribution is -0.120. The van der Waals surface area contributed by atoms with Crippen LogP contribution in [0.4, 0.5) is 9.59 Å². The molecule has 0 aromatic carbocycles. The van der Waals surface area contributed by atoms with Crippen LogP contribution in [0.25, 0.3) is 0 Å². The lowest BCUT2D eigenvalue weighted by atomic mass is 9.85. The van der Waals surface area contributed by atoms with Crippen LogP contribution in [0.3, 0.4) is 0 Å². The summed E-state index contributed by atoms with van der Waals surface area (Å²) in [7, 11) is 2.89. The molecule has 14 heteroatoms. The topological polar surface area (TPSA) is 202 Å². The number of nitrogens with one attached hydrogen (secondary N) is 2. The van der Waals surface area contributed by atoms with Gasteiger partial charge >= 0.3 is 12.2 Å². The Morgan fingerprint density at radius 2 is 1.67 bits per heavy atom. The first-order valence-electron chi connectivity index (χ1n) is 16.5. The number of carbonyl (C=O) groups is 5. The van der Waals surface area contributed by atoms with E-state index in [2.05, 4.69) is 15.5 Å². The second kappa shape index (κ2) is 19.7. The third kappa shape index (κ3) is 12.0. The summed E-state index contributed by atoms with van der Waals surface area (Å²) in [6, 6.07) is 0. The van der Waals surface area contributed by atoms with Gasteiger partial charge in [0.25, 0.3) is 5.91 Å². The third-order valence-corrected chi connectivity index (χ3v) is 8.64. The minimum Gasteiger partial charge on any atom is -0.443 e. The van der Waals surface area contributed by atoms with E-state index in [4.69, 9.17) is 30.4 Å². The number of hydrogen-bond donors (Lipinski definition) is 4. The first kappa shape index (κ1) is 40.9. The molecule has 49 heavy (non-hydrogen) atoms. The zero-order valence-electron chi connectivity index (χ0n) is 29.9. The van der Waals surface area contributed by atoms with E-state index in [0.29, 0.717) is 25.1 Å². The van der Waals surface area contributed by atoms with Crippen LogP contribution in [-0.2, 0) is 33.3 Å². The maximum atomic E-state index is 13.9. The van der Waals surface area contributed by atoms with Gasteiger partial charge in [-0.25, -0.2) is 9.59 Å². The molecule has 6 N–H and O–H groups in total. The van der Waals surface area contributed by atoms with Crippen molar-refractivity contribution in [1.82, 2.24) is 15.5 Å². The summed E-state index contributed by atoms with van der Waals surface area (Å²) in [5.74, 6) is -2.29. The lowest BCUT2D eigenvalue weighted by Crippen LogP contribution is -2.41. The number of likely N-dealkylation sites (N-methyl/N-ethyl adjacent to an activating group) is 1. The van der Waals surface area contributed by atoms with Gasteiger partial charge in [0, 0.05) is 50.4 Å². The van der Waals surface area contributed by atoms with Gasteiger partial charge in [0.1, 0.15) is 12.2 Å². The summed E-state index contributed by atoms with van der Waals surface area (Å²) in [4.78, 5) is 66.7. The molecule has 6 atom stereocenters. The minimum absolute atomic E-state index is 0.141. The fourth-order valence-corrected chi connectivity index (χ4v) is 5.96. The van der Waals surface area contributed by atoms with Crippen molar-refractivity contribution in [2.24, 2.45) is 23.3 Å². The van der Waals surface area contributed by atoms with Gasteiger partial charge in [-0.15, -0.1) is 0 Å². The highest BCUT2D eigenvalue weighted by Crippen LogP contribution is 2.30. The van der Waals surface area contributed by atoms with Gasteiger partial charge in [-0.2, -0.15) is 0 Å². The SMILES string of the molecule is CCN(CC)CCNC1=C2CC(C)CC(OC)C(OC(N)=O)C(C)/C=C(/C)C(OC(N)=O)C(OC)/C=C\C=C(\C)C(=O)NC(=CC1=O)C2=O. The molecule has 0 spiro atoms. The van der Waals surface area contributed by atoms with Gasteiger partial charge in [0.05, 0.1) is 17.5 Å². The van der Waals surface area contributed by atoms with E-state index in [0.717, 1.165) is 19.2 Å². The van der Waals surface area contributed by atoms with Crippen molar-refractivity contribution in [3.05, 3.63) is 58.5 Å². The maximum Gasteiger partial charge on any atom is 0.405 e. The van der Waals surface area contributed by atoms with E-state index in [1.807, 2.05) is 20.8 Å². The molecule has 1 heterocycles. The molecule has 0 aromatic rings. The highest BCUT2D eigenvalue weighted by molar-refractivity contribution is 6.23. The summed E-state index contributed by atoms with van der Waals surface area (Å²) < 4.78 is 22.4. The van der Waals surface area contributed by atoms with Crippen molar-refractivity contribution in [2.75, 3.05) is 40.4 Å². The maximum absolute atomic E-state index is 13.9. The molecule has 2 aliphatic rings. The standard InChI is InChI=1S/C35H53N5O9/c1-9-40(10-2)15-14-38-29-24-16-20(3)17-28(47-8)32(49-35(37)45)23(6)18-22(5)31(48-34(36)44)27(46-7)13-11-12-21(4)33(43)39-25(30(24)42)19-26(29)41/h11-13,18-20,23,27-28,31-32,38H,9-10,14-17H2,1-8H3,(H2,36,44)(H2,37,45)(H,39,43)/b13-11-,21-12-,22-18-. The Labute approximate surface area is 288 Å². The Morgan fingerprint density at radius 3 is 2.24 bits per heavy atom. The Kier molecular flexibility index (Phi) is 16.4. The van der Waals surface area contributed by atoms with Crippen LogP contribution < -0.4 is 22.1 Å². The fraction of sp³-hybridized carbons (Fsp3) is 0.571. The van der Waals surface area contributed by atoms with Crippen LogP contribution in [0, 0.1) is 11.8 Å². The van der Waals surface area contributed by atoms with E-state index in [-0.39, 0.29) is 34.9 Å². The molecule has 2 rings (SSSR count). The molecule has 0 fully saturated rings. The third-order valence-electron chi connectivity index (χ3n) is 8.64. The van der Waals surface area contributed by atoms with Crippen LogP contribution >= 0.6 is 0 Å². The van der Waals surface area contributed by atoms with Crippen LogP contribution in [0.2, 0.25) is 0 Å². The second-order valence-corrected chi connectivity index (χ2v) is 12.3. The van der Waals surface area contributed by atoms with Gasteiger partial charge in [0.2, 0.25) is 11.6 Å². The summed E-state index contributed by atoms with van der Waals surface area (Å²) >= 11 is 0. The summed E-state index contributed by atoms with van der Waals surface area (Å²) in [5, 5.41) is 5.78. The second-order valence-electron chi connectivity index (χ2n) is 12.3. The number of ether oxygens (including phenoxy) is 4. The summed E-state index contributed by atoms with van der Waals surface area (Å²) in [6.07, 6.45) is 2.49. The first-order chi connectivity index (χ1) is 23.2. The molecule has 1 aliphatic heterocycles. The Balaban J connectivity index is 2.69. The van der Waals surface area contributed by atoms with E-state index in [1.54, 1.807) is 39.0 Å². The molecule has 0 aromatic heterocycles. The Morgan fingerprint density at radius 1 is 1.02 bits per heavy atom. The van der Waals surface area contributed by atoms with Gasteiger partial charge in [0.15, 0.2) is 6.10 Å². The number of rotatable bonds is 10. The number of allylic oxidation sites excluding steroid dienone is 4. The minimum atomic E-state index is -1.03. The van der Waals surface area contributed by atoms with Crippen molar-refractivity contribution in [2.45, 2.75) is 78.8 Å². The van der Waals surface area contributed by atoms with E-state index in [1.165, 1.54) is 20.3 Å². The molecule has 272 valence electrons. The highest BCUT2D eigenvalue weighted by Gasteiger charge is 2.35. The number of Topliss-reactive ketones (excluding diaryl/α,β-unsaturated/α-hetero) is 1. The van der Waals surface area contributed by atoms with E-state index < -0.39 is 60.0 Å². The molecule has 0 saturated carbocycles. The molecule has 0 radical (unpaired) electrons. The number of fused-ring (bicyclic) bond motifs is 2. The van der Waals surface area contributed by atoms with Crippen LogP contribution in [0.1, 0.15) is 54.4 Å². The molecule has 0 saturated heterocycles. The Bertz CT molecular complexity index is 1380. The quantitative estimate of drug-likeness (QED) is 0.194. The number of ketones is 2. The summed E-state index contributed by atoms with van der Waals surface area (Å²) in [5.41, 5.74) is 11.9. The normalized spacial score (nSPS) is 28.8. The number of carbonyl (C=O) groups excluding carboxylic acids is 5. The Hall–Kier alpha value is -4.27. The molecule has 6 unspecified atom stereocenters. The highest BCUT2D eigenvalue weighted by atomic mass is 16.6. The van der Waals surface area contributed by atoms with Crippen LogP contribution in [0.15, 0.2) is 58.5 Å². The van der Waals surface area contributed by atoms with Crippen molar-refractivity contribution >= 4 is 29.7 Å². The first-order valence-corrected chi connectivity index (χ1v) is 16.5. The van der Waals surface area contributed by atoms with Crippen molar-refractivity contribution in [3.63, 3.8) is 0 Å². The van der Waals surface area contributed by atoms with Gasteiger partial charge in [-0.3, -0.25) is 14.4 Å². The zero-order chi connectivity index (χ0) is 36.8. The number of amides is 3. The van der Waals surface area contributed by atoms with Gasteiger partial charge < -0.3 is 45.9 Å². The molecule has 1 aliphatic carbocycles. The molecule has 14 nitrogen and oxygen atoms in total. The van der Waals surface area contributed by atoms with Crippen molar-refractivity contribution in [1.29, 1.82) is 0 Å². The monoisotopic (exact) mass is 687 g/mol. The number of nitrogens with zero attached hydrogens (tertiary/aromatic N) is 1.